The molecule has 2 aliphatic rings. The molecular formula is C16H22N2O3. The molecule has 1 aromatic rings. The number of nitrogens with one attached hydrogen (secondary N) is 1. The number of aliphatic hydroxyl groups excluding tert-OH is 1. The van der Waals surface area contributed by atoms with E-state index >= 15 is 0 Å². The number of hydrogen-bond donors (Lipinski definition) is 2. The van der Waals surface area contributed by atoms with E-state index in [2.05, 4.69) is 5.32 Å². The molecule has 2 saturated heterocycles. The van der Waals surface area contributed by atoms with Gasteiger partial charge in [0.2, 0.25) is 0 Å². The number of rotatable bonds is 5. The first-order valence-corrected chi connectivity index (χ1v) is 7.62. The first-order valence-electron chi connectivity index (χ1n) is 7.62. The molecular weight excluding hydrogens is 268 g/mol. The second-order valence-corrected chi connectivity index (χ2v) is 5.80. The lowest BCUT2D eigenvalue weighted by atomic mass is 9.96. The van der Waals surface area contributed by atoms with Gasteiger partial charge in [-0.05, 0) is 24.8 Å². The molecule has 114 valence electrons. The van der Waals surface area contributed by atoms with Gasteiger partial charge in [-0.1, -0.05) is 30.3 Å². The zero-order valence-electron chi connectivity index (χ0n) is 12.1. The zero-order chi connectivity index (χ0) is 14.7. The number of ether oxygens (including phenoxy) is 1. The van der Waals surface area contributed by atoms with Gasteiger partial charge < -0.3 is 20.1 Å². The van der Waals surface area contributed by atoms with E-state index in [1.807, 2.05) is 30.3 Å². The smallest absolute Gasteiger partial charge is 0.318 e. The van der Waals surface area contributed by atoms with Crippen LogP contribution in [-0.2, 0) is 11.3 Å². The van der Waals surface area contributed by atoms with Gasteiger partial charge in [-0.2, -0.15) is 0 Å². The van der Waals surface area contributed by atoms with Gasteiger partial charge in [0.25, 0.3) is 0 Å². The summed E-state index contributed by atoms with van der Waals surface area (Å²) in [7, 11) is 0. The van der Waals surface area contributed by atoms with Gasteiger partial charge in [0.15, 0.2) is 0 Å². The Balaban J connectivity index is 1.59. The van der Waals surface area contributed by atoms with Gasteiger partial charge in [-0.15, -0.1) is 0 Å². The Hall–Kier alpha value is -1.59. The molecule has 0 saturated carbocycles. The second kappa shape index (κ2) is 6.45. The molecule has 5 heteroatoms. The molecule has 0 spiro atoms. The first-order chi connectivity index (χ1) is 10.3. The van der Waals surface area contributed by atoms with E-state index < -0.39 is 0 Å². The van der Waals surface area contributed by atoms with Crippen molar-refractivity contribution in [3.8, 4) is 0 Å². The average Bonchev–Trinajstić information content (AvgIpc) is 3.10. The van der Waals surface area contributed by atoms with Crippen LogP contribution in [0.5, 0.6) is 0 Å². The van der Waals surface area contributed by atoms with Crippen LogP contribution in [-0.4, -0.2) is 47.4 Å². The van der Waals surface area contributed by atoms with E-state index in [-0.39, 0.29) is 24.8 Å². The van der Waals surface area contributed by atoms with Crippen molar-refractivity contribution in [1.29, 1.82) is 0 Å². The van der Waals surface area contributed by atoms with Crippen LogP contribution in [0, 0.1) is 0 Å². The molecule has 0 aromatic heterocycles. The standard InChI is InChI=1S/C16H22N2O3/c19-9-8-18(11-12-4-2-1-3-5-12)16(20)17-14-10-13-6-7-15(14)21-13/h1-5,13-15,19H,6-11H2,(H,17,20). The first kappa shape index (κ1) is 14.4. The topological polar surface area (TPSA) is 61.8 Å². The van der Waals surface area contributed by atoms with Gasteiger partial charge in [-0.3, -0.25) is 0 Å². The highest BCUT2D eigenvalue weighted by Gasteiger charge is 2.41. The van der Waals surface area contributed by atoms with Crippen molar-refractivity contribution in [3.05, 3.63) is 35.9 Å². The van der Waals surface area contributed by atoms with Gasteiger partial charge in [0.1, 0.15) is 0 Å². The number of carbonyl (C=O) groups is 1. The maximum absolute atomic E-state index is 12.4. The summed E-state index contributed by atoms with van der Waals surface area (Å²) in [5, 5.41) is 12.2. The molecule has 3 unspecified atom stereocenters. The monoisotopic (exact) mass is 290 g/mol. The summed E-state index contributed by atoms with van der Waals surface area (Å²) in [5.41, 5.74) is 1.06. The third kappa shape index (κ3) is 3.36. The summed E-state index contributed by atoms with van der Waals surface area (Å²) in [4.78, 5) is 14.1. The molecule has 21 heavy (non-hydrogen) atoms. The minimum absolute atomic E-state index is 0.0343. The van der Waals surface area contributed by atoms with Crippen LogP contribution < -0.4 is 5.32 Å². The Morgan fingerprint density at radius 3 is 2.76 bits per heavy atom. The number of amides is 2. The van der Waals surface area contributed by atoms with Crippen molar-refractivity contribution < 1.29 is 14.6 Å². The molecule has 0 aliphatic carbocycles. The van der Waals surface area contributed by atoms with Crippen LogP contribution >= 0.6 is 0 Å². The molecule has 2 heterocycles. The highest BCUT2D eigenvalue weighted by Crippen LogP contribution is 2.34. The zero-order valence-corrected chi connectivity index (χ0v) is 12.1. The lowest BCUT2D eigenvalue weighted by molar-refractivity contribution is 0.0965. The van der Waals surface area contributed by atoms with E-state index in [4.69, 9.17) is 4.74 Å². The fraction of sp³-hybridized carbons (Fsp3) is 0.562. The van der Waals surface area contributed by atoms with Crippen molar-refractivity contribution in [2.24, 2.45) is 0 Å². The predicted octanol–water partition coefficient (Wildman–Crippen LogP) is 1.51. The molecule has 2 bridgehead atoms. The number of carbonyl (C=O) groups excluding carboxylic acids is 1. The van der Waals surface area contributed by atoms with Crippen molar-refractivity contribution in [2.45, 2.75) is 44.1 Å². The van der Waals surface area contributed by atoms with Crippen LogP contribution in [0.15, 0.2) is 30.3 Å². The highest BCUT2D eigenvalue weighted by molar-refractivity contribution is 5.74. The Kier molecular flexibility index (Phi) is 4.41. The van der Waals surface area contributed by atoms with Gasteiger partial charge >= 0.3 is 6.03 Å². The van der Waals surface area contributed by atoms with Crippen molar-refractivity contribution in [3.63, 3.8) is 0 Å². The maximum atomic E-state index is 12.4. The maximum Gasteiger partial charge on any atom is 0.318 e. The summed E-state index contributed by atoms with van der Waals surface area (Å²) >= 11 is 0. The summed E-state index contributed by atoms with van der Waals surface area (Å²) in [6.45, 7) is 0.810. The summed E-state index contributed by atoms with van der Waals surface area (Å²) < 4.78 is 5.76. The molecule has 3 atom stereocenters. The number of aliphatic hydroxyl groups is 1. The molecule has 0 radical (unpaired) electrons. The van der Waals surface area contributed by atoms with Crippen LogP contribution in [0.4, 0.5) is 4.79 Å². The van der Waals surface area contributed by atoms with Crippen molar-refractivity contribution >= 4 is 6.03 Å². The molecule has 5 nitrogen and oxygen atoms in total. The van der Waals surface area contributed by atoms with E-state index in [0.29, 0.717) is 19.2 Å². The number of hydrogen-bond acceptors (Lipinski definition) is 3. The Morgan fingerprint density at radius 1 is 1.33 bits per heavy atom. The quantitative estimate of drug-likeness (QED) is 0.864. The van der Waals surface area contributed by atoms with E-state index in [1.165, 1.54) is 0 Å². The number of benzene rings is 1. The van der Waals surface area contributed by atoms with Gasteiger partial charge in [-0.25, -0.2) is 4.79 Å². The van der Waals surface area contributed by atoms with E-state index in [1.54, 1.807) is 4.90 Å². The predicted molar refractivity (Wildman–Crippen MR) is 78.8 cm³/mol. The lowest BCUT2D eigenvalue weighted by Gasteiger charge is -2.27. The van der Waals surface area contributed by atoms with Crippen LogP contribution in [0.2, 0.25) is 0 Å². The minimum atomic E-state index is -0.117. The molecule has 3 rings (SSSR count). The van der Waals surface area contributed by atoms with Crippen molar-refractivity contribution in [1.82, 2.24) is 10.2 Å². The third-order valence-electron chi connectivity index (χ3n) is 4.29. The largest absolute Gasteiger partial charge is 0.395 e. The minimum Gasteiger partial charge on any atom is -0.395 e. The number of nitrogens with zero attached hydrogens (tertiary/aromatic N) is 1. The van der Waals surface area contributed by atoms with E-state index in [0.717, 1.165) is 24.8 Å². The summed E-state index contributed by atoms with van der Waals surface area (Å²) in [5.74, 6) is 0. The molecule has 1 aromatic carbocycles. The van der Waals surface area contributed by atoms with Gasteiger partial charge in [0, 0.05) is 13.1 Å². The second-order valence-electron chi connectivity index (χ2n) is 5.80. The van der Waals surface area contributed by atoms with Crippen molar-refractivity contribution in [2.75, 3.05) is 13.2 Å². The Bertz CT molecular complexity index is 480. The molecule has 2 aliphatic heterocycles. The summed E-state index contributed by atoms with van der Waals surface area (Å²) in [6.07, 6.45) is 3.55. The van der Waals surface area contributed by atoms with Gasteiger partial charge in [0.05, 0.1) is 24.9 Å². The normalized spacial score (nSPS) is 26.8. The van der Waals surface area contributed by atoms with Crippen LogP contribution in [0.25, 0.3) is 0 Å². The average molecular weight is 290 g/mol. The lowest BCUT2D eigenvalue weighted by Crippen LogP contribution is -2.48. The number of fused-ring (bicyclic) bond motifs is 2. The molecule has 2 fully saturated rings. The van der Waals surface area contributed by atoms with Crippen LogP contribution in [0.3, 0.4) is 0 Å². The number of urea groups is 1. The fourth-order valence-corrected chi connectivity index (χ4v) is 3.22. The summed E-state index contributed by atoms with van der Waals surface area (Å²) in [6, 6.07) is 9.83. The molecule has 2 N–H and O–H groups in total. The molecule has 2 amide bonds. The Labute approximate surface area is 124 Å². The third-order valence-corrected chi connectivity index (χ3v) is 4.29. The SMILES string of the molecule is O=C(NC1CC2CCC1O2)N(CCO)Cc1ccccc1. The fourth-order valence-electron chi connectivity index (χ4n) is 3.22. The highest BCUT2D eigenvalue weighted by atomic mass is 16.5. The Morgan fingerprint density at radius 2 is 2.14 bits per heavy atom. The van der Waals surface area contributed by atoms with E-state index in [9.17, 15) is 9.90 Å². The van der Waals surface area contributed by atoms with Crippen LogP contribution in [0.1, 0.15) is 24.8 Å².